The van der Waals surface area contributed by atoms with E-state index in [4.69, 9.17) is 4.74 Å². The highest BCUT2D eigenvalue weighted by Gasteiger charge is 2.25. The van der Waals surface area contributed by atoms with Gasteiger partial charge in [-0.3, -0.25) is 4.99 Å². The Morgan fingerprint density at radius 3 is 2.60 bits per heavy atom. The molecule has 1 aliphatic rings. The molecule has 5 nitrogen and oxygen atoms in total. The number of aromatic nitrogens is 1. The van der Waals surface area contributed by atoms with Crippen LogP contribution < -0.4 is 10.6 Å². The van der Waals surface area contributed by atoms with E-state index >= 15 is 0 Å². The van der Waals surface area contributed by atoms with E-state index < -0.39 is 0 Å². The van der Waals surface area contributed by atoms with Gasteiger partial charge in [0.05, 0.1) is 16.8 Å². The molecule has 1 heterocycles. The average Bonchev–Trinajstić information content (AvgIpc) is 3.22. The van der Waals surface area contributed by atoms with Gasteiger partial charge in [-0.1, -0.05) is 12.8 Å². The maximum absolute atomic E-state index is 5.99. The molecule has 1 aliphatic carbocycles. The molecular formula is C19H34N4OS. The molecule has 0 amide bonds. The van der Waals surface area contributed by atoms with Crippen LogP contribution in [0.5, 0.6) is 0 Å². The van der Waals surface area contributed by atoms with Gasteiger partial charge in [-0.05, 0) is 46.0 Å². The summed E-state index contributed by atoms with van der Waals surface area (Å²) < 4.78 is 5.99. The number of ether oxygens (including phenoxy) is 1. The minimum Gasteiger partial charge on any atom is -0.378 e. The lowest BCUT2D eigenvalue weighted by Crippen LogP contribution is -2.40. The van der Waals surface area contributed by atoms with Crippen molar-refractivity contribution in [2.75, 3.05) is 26.7 Å². The highest BCUT2D eigenvalue weighted by atomic mass is 32.1. The number of aryl methyl sites for hydroxylation is 2. The highest BCUT2D eigenvalue weighted by Crippen LogP contribution is 2.30. The van der Waals surface area contributed by atoms with Crippen molar-refractivity contribution in [1.82, 2.24) is 15.6 Å². The van der Waals surface area contributed by atoms with Crippen LogP contribution in [0.3, 0.4) is 0 Å². The van der Waals surface area contributed by atoms with Crippen molar-refractivity contribution in [3.63, 3.8) is 0 Å². The maximum Gasteiger partial charge on any atom is 0.190 e. The first kappa shape index (κ1) is 20.2. The molecule has 0 aromatic carbocycles. The molecule has 25 heavy (non-hydrogen) atoms. The van der Waals surface area contributed by atoms with E-state index in [2.05, 4.69) is 41.4 Å². The molecule has 0 spiro atoms. The van der Waals surface area contributed by atoms with E-state index in [1.165, 1.54) is 30.6 Å². The molecule has 1 aromatic rings. The Labute approximate surface area is 156 Å². The van der Waals surface area contributed by atoms with Gasteiger partial charge in [0.1, 0.15) is 0 Å². The van der Waals surface area contributed by atoms with Gasteiger partial charge in [-0.15, -0.1) is 11.3 Å². The van der Waals surface area contributed by atoms with Crippen molar-refractivity contribution in [2.45, 2.75) is 65.4 Å². The van der Waals surface area contributed by atoms with Crippen LogP contribution in [0.2, 0.25) is 0 Å². The van der Waals surface area contributed by atoms with E-state index in [1.807, 2.05) is 7.05 Å². The summed E-state index contributed by atoms with van der Waals surface area (Å²) in [6, 6.07) is 0. The second-order valence-electron chi connectivity index (χ2n) is 6.74. The first-order valence-corrected chi connectivity index (χ1v) is 10.4. The Bertz CT molecular complexity index is 538. The van der Waals surface area contributed by atoms with Gasteiger partial charge in [0.25, 0.3) is 0 Å². The van der Waals surface area contributed by atoms with Crippen LogP contribution in [-0.4, -0.2) is 43.8 Å². The van der Waals surface area contributed by atoms with E-state index in [9.17, 15) is 0 Å². The van der Waals surface area contributed by atoms with Gasteiger partial charge < -0.3 is 15.4 Å². The third kappa shape index (κ3) is 6.59. The molecule has 0 radical (unpaired) electrons. The summed E-state index contributed by atoms with van der Waals surface area (Å²) in [6.45, 7) is 8.83. The Hall–Kier alpha value is -1.14. The van der Waals surface area contributed by atoms with Crippen LogP contribution in [0, 0.1) is 19.8 Å². The zero-order valence-corrected chi connectivity index (χ0v) is 17.0. The number of hydrogen-bond acceptors (Lipinski definition) is 4. The summed E-state index contributed by atoms with van der Waals surface area (Å²) in [5, 5.41) is 7.98. The quantitative estimate of drug-likeness (QED) is 0.519. The van der Waals surface area contributed by atoms with Gasteiger partial charge in [-0.2, -0.15) is 0 Å². The molecule has 1 atom stereocenters. The normalized spacial score (nSPS) is 17.0. The topological polar surface area (TPSA) is 58.5 Å². The fraction of sp³-hybridized carbons (Fsp3) is 0.789. The lowest BCUT2D eigenvalue weighted by Gasteiger charge is -2.24. The third-order valence-electron chi connectivity index (χ3n) is 4.90. The van der Waals surface area contributed by atoms with Crippen LogP contribution in [0.15, 0.2) is 4.99 Å². The van der Waals surface area contributed by atoms with Crippen LogP contribution in [0.4, 0.5) is 0 Å². The zero-order chi connectivity index (χ0) is 18.1. The molecule has 0 aliphatic heterocycles. The minimum absolute atomic E-state index is 0.390. The first-order valence-electron chi connectivity index (χ1n) is 9.63. The van der Waals surface area contributed by atoms with Crippen LogP contribution >= 0.6 is 11.3 Å². The van der Waals surface area contributed by atoms with Crippen molar-refractivity contribution < 1.29 is 4.74 Å². The standard InChI is InChI=1S/C19H34N4OS/c1-5-24-17(16-8-6-7-9-16)10-12-21-19(20-4)22-13-11-18-14(2)23-15(3)25-18/h16-17H,5-13H2,1-4H3,(H2,20,21,22). The second-order valence-corrected chi connectivity index (χ2v) is 8.03. The fourth-order valence-corrected chi connectivity index (χ4v) is 4.59. The Kier molecular flexibility index (Phi) is 8.68. The predicted octanol–water partition coefficient (Wildman–Crippen LogP) is 3.45. The van der Waals surface area contributed by atoms with Gasteiger partial charge >= 0.3 is 0 Å². The lowest BCUT2D eigenvalue weighted by atomic mass is 9.98. The molecule has 142 valence electrons. The number of hydrogen-bond donors (Lipinski definition) is 2. The molecule has 1 fully saturated rings. The van der Waals surface area contributed by atoms with Gasteiger partial charge in [0, 0.05) is 38.0 Å². The molecule has 1 aromatic heterocycles. The molecule has 6 heteroatoms. The van der Waals surface area contributed by atoms with Crippen LogP contribution in [0.1, 0.15) is 54.6 Å². The van der Waals surface area contributed by atoms with Gasteiger partial charge in [0.2, 0.25) is 0 Å². The van der Waals surface area contributed by atoms with E-state index in [0.717, 1.165) is 55.1 Å². The summed E-state index contributed by atoms with van der Waals surface area (Å²) in [7, 11) is 1.83. The SMILES string of the molecule is CCOC(CCNC(=NC)NCCc1sc(C)nc1C)C1CCCC1. The number of thiazole rings is 1. The molecule has 2 rings (SSSR count). The van der Waals surface area contributed by atoms with E-state index in [1.54, 1.807) is 11.3 Å². The fourth-order valence-electron chi connectivity index (χ4n) is 3.65. The monoisotopic (exact) mass is 366 g/mol. The van der Waals surface area contributed by atoms with Crippen LogP contribution in [-0.2, 0) is 11.2 Å². The average molecular weight is 367 g/mol. The molecule has 0 bridgehead atoms. The minimum atomic E-state index is 0.390. The molecular weight excluding hydrogens is 332 g/mol. The van der Waals surface area contributed by atoms with Crippen molar-refractivity contribution in [1.29, 1.82) is 0 Å². The highest BCUT2D eigenvalue weighted by molar-refractivity contribution is 7.11. The van der Waals surface area contributed by atoms with Crippen molar-refractivity contribution in [3.8, 4) is 0 Å². The summed E-state index contributed by atoms with van der Waals surface area (Å²) >= 11 is 1.79. The molecule has 1 unspecified atom stereocenters. The molecule has 1 saturated carbocycles. The number of nitrogens with zero attached hydrogens (tertiary/aromatic N) is 2. The van der Waals surface area contributed by atoms with Crippen molar-refractivity contribution in [2.24, 2.45) is 10.9 Å². The third-order valence-corrected chi connectivity index (χ3v) is 6.03. The molecule has 2 N–H and O–H groups in total. The van der Waals surface area contributed by atoms with E-state index in [0.29, 0.717) is 6.10 Å². The smallest absolute Gasteiger partial charge is 0.190 e. The van der Waals surface area contributed by atoms with Gasteiger partial charge in [0.15, 0.2) is 5.96 Å². The number of guanidine groups is 1. The Morgan fingerprint density at radius 1 is 1.28 bits per heavy atom. The van der Waals surface area contributed by atoms with Crippen molar-refractivity contribution in [3.05, 3.63) is 15.6 Å². The summed E-state index contributed by atoms with van der Waals surface area (Å²) in [6.07, 6.45) is 7.80. The Balaban J connectivity index is 1.69. The number of nitrogens with one attached hydrogen (secondary N) is 2. The number of rotatable bonds is 9. The summed E-state index contributed by atoms with van der Waals surface area (Å²) in [4.78, 5) is 10.2. The van der Waals surface area contributed by atoms with Gasteiger partial charge in [-0.25, -0.2) is 4.98 Å². The largest absolute Gasteiger partial charge is 0.378 e. The second kappa shape index (κ2) is 10.8. The van der Waals surface area contributed by atoms with Crippen LogP contribution in [0.25, 0.3) is 0 Å². The molecule has 0 saturated heterocycles. The van der Waals surface area contributed by atoms with Crippen molar-refractivity contribution >= 4 is 17.3 Å². The predicted molar refractivity (Wildman–Crippen MR) is 107 cm³/mol. The lowest BCUT2D eigenvalue weighted by molar-refractivity contribution is 0.0169. The number of aliphatic imine (C=N–C) groups is 1. The Morgan fingerprint density at radius 2 is 2.00 bits per heavy atom. The zero-order valence-electron chi connectivity index (χ0n) is 16.2. The summed E-state index contributed by atoms with van der Waals surface area (Å²) in [5.41, 5.74) is 1.16. The van der Waals surface area contributed by atoms with E-state index in [-0.39, 0.29) is 0 Å². The maximum atomic E-state index is 5.99. The first-order chi connectivity index (χ1) is 12.1. The summed E-state index contributed by atoms with van der Waals surface area (Å²) in [5.74, 6) is 1.62.